The molecule has 3 nitrogen and oxygen atoms in total. The minimum atomic E-state index is -0.824. The van der Waals surface area contributed by atoms with Crippen LogP contribution in [0.25, 0.3) is 0 Å². The van der Waals surface area contributed by atoms with Crippen LogP contribution in [-0.2, 0) is 11.2 Å². The van der Waals surface area contributed by atoms with E-state index >= 15 is 0 Å². The molecule has 0 aromatic heterocycles. The van der Waals surface area contributed by atoms with Gasteiger partial charge in [0.05, 0.1) is 0 Å². The predicted octanol–water partition coefficient (Wildman–Crippen LogP) is 2.79. The smallest absolute Gasteiger partial charge is 0.323 e. The Morgan fingerprint density at radius 1 is 1.35 bits per heavy atom. The van der Waals surface area contributed by atoms with Gasteiger partial charge in [0.1, 0.15) is 5.54 Å². The predicted molar refractivity (Wildman–Crippen MR) is 72.2 cm³/mol. The van der Waals surface area contributed by atoms with Gasteiger partial charge in [0.25, 0.3) is 0 Å². The van der Waals surface area contributed by atoms with Gasteiger partial charge in [-0.1, -0.05) is 28.1 Å². The summed E-state index contributed by atoms with van der Waals surface area (Å²) in [5, 5.41) is 9.10. The van der Waals surface area contributed by atoms with Crippen molar-refractivity contribution in [1.82, 2.24) is 4.90 Å². The Labute approximate surface area is 111 Å². The molecule has 0 spiro atoms. The Morgan fingerprint density at radius 3 is 2.35 bits per heavy atom. The summed E-state index contributed by atoms with van der Waals surface area (Å²) in [6.07, 6.45) is 0.848. The van der Waals surface area contributed by atoms with Crippen molar-refractivity contribution in [2.24, 2.45) is 0 Å². The molecule has 94 valence electrons. The number of halogens is 1. The highest BCUT2D eigenvalue weighted by atomic mass is 79.9. The Balaban J connectivity index is 2.56. The fraction of sp³-hybridized carbons (Fsp3) is 0.462. The number of carbonyl (C=O) groups is 1. The van der Waals surface area contributed by atoms with Crippen LogP contribution in [0.3, 0.4) is 0 Å². The van der Waals surface area contributed by atoms with Crippen LogP contribution in [0.4, 0.5) is 0 Å². The molecule has 0 saturated carbocycles. The molecule has 4 heteroatoms. The maximum absolute atomic E-state index is 11.1. The molecule has 1 aromatic carbocycles. The molecule has 1 aromatic rings. The molecule has 0 amide bonds. The minimum Gasteiger partial charge on any atom is -0.480 e. The molecule has 0 unspecified atom stereocenters. The second-order valence-electron chi connectivity index (χ2n) is 4.66. The molecular formula is C13H18BrNO2. The highest BCUT2D eigenvalue weighted by Gasteiger charge is 2.31. The summed E-state index contributed by atoms with van der Waals surface area (Å²) >= 11 is 3.39. The van der Waals surface area contributed by atoms with Crippen LogP contribution in [0.15, 0.2) is 28.7 Å². The Bertz CT molecular complexity index is 387. The van der Waals surface area contributed by atoms with Crippen LogP contribution in [0.1, 0.15) is 19.4 Å². The molecule has 0 heterocycles. The van der Waals surface area contributed by atoms with Crippen molar-refractivity contribution < 1.29 is 9.90 Å². The van der Waals surface area contributed by atoms with Crippen molar-refractivity contribution in [2.45, 2.75) is 25.8 Å². The zero-order valence-corrected chi connectivity index (χ0v) is 12.0. The molecule has 0 radical (unpaired) electrons. The molecule has 0 aliphatic heterocycles. The van der Waals surface area contributed by atoms with Crippen LogP contribution in [0, 0.1) is 0 Å². The molecule has 0 fully saturated rings. The minimum absolute atomic E-state index is 0.723. The summed E-state index contributed by atoms with van der Waals surface area (Å²) in [5.41, 5.74) is 0.385. The highest BCUT2D eigenvalue weighted by Crippen LogP contribution is 2.15. The topological polar surface area (TPSA) is 40.5 Å². The highest BCUT2D eigenvalue weighted by molar-refractivity contribution is 9.10. The lowest BCUT2D eigenvalue weighted by Gasteiger charge is -2.31. The van der Waals surface area contributed by atoms with E-state index < -0.39 is 11.5 Å². The molecular weight excluding hydrogens is 282 g/mol. The van der Waals surface area contributed by atoms with E-state index in [0.29, 0.717) is 0 Å². The monoisotopic (exact) mass is 299 g/mol. The van der Waals surface area contributed by atoms with E-state index in [1.54, 1.807) is 13.8 Å². The Kier molecular flexibility index (Phi) is 4.71. The number of hydrogen-bond donors (Lipinski definition) is 1. The zero-order chi connectivity index (χ0) is 13.1. The lowest BCUT2D eigenvalue weighted by molar-refractivity contribution is -0.148. The number of rotatable bonds is 5. The van der Waals surface area contributed by atoms with Gasteiger partial charge in [0.15, 0.2) is 0 Å². The number of aliphatic carboxylic acids is 1. The largest absolute Gasteiger partial charge is 0.480 e. The third-order valence-corrected chi connectivity index (χ3v) is 3.66. The van der Waals surface area contributed by atoms with Crippen LogP contribution in [-0.4, -0.2) is 35.1 Å². The Hall–Kier alpha value is -0.870. The van der Waals surface area contributed by atoms with Crippen molar-refractivity contribution in [1.29, 1.82) is 0 Å². The van der Waals surface area contributed by atoms with Crippen LogP contribution in [0.2, 0.25) is 0 Å². The third kappa shape index (κ3) is 3.82. The van der Waals surface area contributed by atoms with E-state index in [9.17, 15) is 4.79 Å². The summed E-state index contributed by atoms with van der Waals surface area (Å²) in [6.45, 7) is 4.16. The van der Waals surface area contributed by atoms with E-state index in [1.165, 1.54) is 5.56 Å². The van der Waals surface area contributed by atoms with Crippen molar-refractivity contribution in [2.75, 3.05) is 13.6 Å². The first kappa shape index (κ1) is 14.2. The van der Waals surface area contributed by atoms with Crippen LogP contribution >= 0.6 is 15.9 Å². The molecule has 0 bridgehead atoms. The molecule has 17 heavy (non-hydrogen) atoms. The van der Waals surface area contributed by atoms with E-state index in [2.05, 4.69) is 15.9 Å². The maximum Gasteiger partial charge on any atom is 0.323 e. The van der Waals surface area contributed by atoms with Gasteiger partial charge in [0, 0.05) is 11.0 Å². The number of carboxylic acids is 1. The molecule has 0 aliphatic rings. The summed E-state index contributed by atoms with van der Waals surface area (Å²) in [5.74, 6) is -0.796. The normalized spacial score (nSPS) is 11.8. The summed E-state index contributed by atoms with van der Waals surface area (Å²) in [4.78, 5) is 12.9. The molecule has 1 rings (SSSR count). The van der Waals surface area contributed by atoms with Crippen molar-refractivity contribution in [3.63, 3.8) is 0 Å². The van der Waals surface area contributed by atoms with Gasteiger partial charge in [-0.05, 0) is 45.0 Å². The molecule has 0 saturated heterocycles. The van der Waals surface area contributed by atoms with E-state index in [0.717, 1.165) is 17.4 Å². The van der Waals surface area contributed by atoms with E-state index in [1.807, 2.05) is 36.2 Å². The second-order valence-corrected chi connectivity index (χ2v) is 5.58. The fourth-order valence-electron chi connectivity index (χ4n) is 1.39. The average molecular weight is 300 g/mol. The molecule has 1 N–H and O–H groups in total. The van der Waals surface area contributed by atoms with Crippen molar-refractivity contribution >= 4 is 21.9 Å². The number of likely N-dealkylation sites (N-methyl/N-ethyl adjacent to an activating group) is 1. The van der Waals surface area contributed by atoms with Gasteiger partial charge in [-0.25, -0.2) is 0 Å². The summed E-state index contributed by atoms with van der Waals surface area (Å²) in [6, 6.07) is 8.09. The second kappa shape index (κ2) is 5.65. The molecule has 0 aliphatic carbocycles. The quantitative estimate of drug-likeness (QED) is 0.909. The average Bonchev–Trinajstić information content (AvgIpc) is 2.27. The first-order valence-electron chi connectivity index (χ1n) is 5.53. The number of nitrogens with zero attached hydrogens (tertiary/aromatic N) is 1. The number of benzene rings is 1. The SMILES string of the molecule is CN(CCc1ccc(Br)cc1)C(C)(C)C(=O)O. The summed E-state index contributed by atoms with van der Waals surface area (Å²) in [7, 11) is 1.84. The fourth-order valence-corrected chi connectivity index (χ4v) is 1.65. The van der Waals surface area contributed by atoms with Crippen LogP contribution < -0.4 is 0 Å². The van der Waals surface area contributed by atoms with Gasteiger partial charge in [-0.2, -0.15) is 0 Å². The van der Waals surface area contributed by atoms with Crippen LogP contribution in [0.5, 0.6) is 0 Å². The maximum atomic E-state index is 11.1. The first-order valence-corrected chi connectivity index (χ1v) is 6.32. The summed E-state index contributed by atoms with van der Waals surface area (Å²) < 4.78 is 1.06. The number of carboxylic acid groups (broad SMARTS) is 1. The van der Waals surface area contributed by atoms with Gasteiger partial charge in [-0.3, -0.25) is 9.69 Å². The lowest BCUT2D eigenvalue weighted by atomic mass is 10.0. The van der Waals surface area contributed by atoms with Gasteiger partial charge < -0.3 is 5.11 Å². The van der Waals surface area contributed by atoms with Gasteiger partial charge in [-0.15, -0.1) is 0 Å². The zero-order valence-electron chi connectivity index (χ0n) is 10.4. The third-order valence-electron chi connectivity index (χ3n) is 3.13. The number of hydrogen-bond acceptors (Lipinski definition) is 2. The van der Waals surface area contributed by atoms with Crippen molar-refractivity contribution in [3.8, 4) is 0 Å². The van der Waals surface area contributed by atoms with Crippen molar-refractivity contribution in [3.05, 3.63) is 34.3 Å². The van der Waals surface area contributed by atoms with E-state index in [4.69, 9.17) is 5.11 Å². The Morgan fingerprint density at radius 2 is 1.88 bits per heavy atom. The first-order chi connectivity index (χ1) is 7.84. The molecule has 0 atom stereocenters. The lowest BCUT2D eigenvalue weighted by Crippen LogP contribution is -2.48. The van der Waals surface area contributed by atoms with Gasteiger partial charge in [0.2, 0.25) is 0 Å². The van der Waals surface area contributed by atoms with E-state index in [-0.39, 0.29) is 0 Å². The standard InChI is InChI=1S/C13H18BrNO2/c1-13(2,12(16)17)15(3)9-8-10-4-6-11(14)7-5-10/h4-7H,8-9H2,1-3H3,(H,16,17). The van der Waals surface area contributed by atoms with Gasteiger partial charge >= 0.3 is 5.97 Å².